The quantitative estimate of drug-likeness (QED) is 0.480. The molecule has 0 bridgehead atoms. The summed E-state index contributed by atoms with van der Waals surface area (Å²) in [6.45, 7) is 5.20. The molecule has 33 heavy (non-hydrogen) atoms. The third-order valence-electron chi connectivity index (χ3n) is 6.54. The third kappa shape index (κ3) is 6.70. The van der Waals surface area contributed by atoms with Crippen molar-refractivity contribution in [2.75, 3.05) is 44.7 Å². The van der Waals surface area contributed by atoms with Gasteiger partial charge >= 0.3 is 0 Å². The number of carbonyl (C=O) groups is 1. The molecular formula is C26H36N6O. The van der Waals surface area contributed by atoms with Gasteiger partial charge in [0, 0.05) is 64.9 Å². The molecule has 7 heteroatoms. The Morgan fingerprint density at radius 2 is 1.91 bits per heavy atom. The molecular weight excluding hydrogens is 412 g/mol. The Kier molecular flexibility index (Phi) is 8.17. The molecule has 2 N–H and O–H groups in total. The van der Waals surface area contributed by atoms with Crippen molar-refractivity contribution in [1.82, 2.24) is 20.5 Å². The van der Waals surface area contributed by atoms with Crippen LogP contribution >= 0.6 is 0 Å². The van der Waals surface area contributed by atoms with E-state index >= 15 is 0 Å². The van der Waals surface area contributed by atoms with Crippen LogP contribution in [0.2, 0.25) is 0 Å². The van der Waals surface area contributed by atoms with Gasteiger partial charge in [0.05, 0.1) is 0 Å². The number of nitrogens with one attached hydrogen (secondary N) is 2. The van der Waals surface area contributed by atoms with E-state index in [9.17, 15) is 4.79 Å². The number of rotatable bonds is 8. The van der Waals surface area contributed by atoms with Crippen LogP contribution in [0.15, 0.2) is 53.7 Å². The van der Waals surface area contributed by atoms with E-state index < -0.39 is 0 Å². The Morgan fingerprint density at radius 3 is 2.70 bits per heavy atom. The number of pyridine rings is 1. The van der Waals surface area contributed by atoms with Crippen LogP contribution in [0, 0.1) is 5.92 Å². The minimum atomic E-state index is 0.253. The average Bonchev–Trinajstić information content (AvgIpc) is 3.23. The molecule has 0 spiro atoms. The first-order valence-electron chi connectivity index (χ1n) is 12.2. The molecule has 2 aliphatic heterocycles. The van der Waals surface area contributed by atoms with Gasteiger partial charge in [-0.3, -0.25) is 9.79 Å². The van der Waals surface area contributed by atoms with Crippen molar-refractivity contribution in [2.45, 2.75) is 38.6 Å². The van der Waals surface area contributed by atoms with Crippen LogP contribution in [0.25, 0.3) is 0 Å². The summed E-state index contributed by atoms with van der Waals surface area (Å²) in [7, 11) is 1.78. The van der Waals surface area contributed by atoms with E-state index in [2.05, 4.69) is 43.7 Å². The summed E-state index contributed by atoms with van der Waals surface area (Å²) in [4.78, 5) is 25.7. The van der Waals surface area contributed by atoms with E-state index in [1.54, 1.807) is 7.05 Å². The highest BCUT2D eigenvalue weighted by molar-refractivity contribution is 5.80. The number of hydrogen-bond acceptors (Lipinski definition) is 4. The molecule has 7 nitrogen and oxygen atoms in total. The zero-order chi connectivity index (χ0) is 22.9. The first-order valence-corrected chi connectivity index (χ1v) is 12.2. The molecule has 176 valence electrons. The monoisotopic (exact) mass is 448 g/mol. The van der Waals surface area contributed by atoms with Gasteiger partial charge in [-0.2, -0.15) is 0 Å². The topological polar surface area (TPSA) is 72.9 Å². The van der Waals surface area contributed by atoms with Gasteiger partial charge < -0.3 is 20.4 Å². The second-order valence-corrected chi connectivity index (χ2v) is 9.02. The van der Waals surface area contributed by atoms with Crippen molar-refractivity contribution in [2.24, 2.45) is 10.9 Å². The van der Waals surface area contributed by atoms with Gasteiger partial charge in [-0.05, 0) is 48.9 Å². The van der Waals surface area contributed by atoms with E-state index in [1.165, 1.54) is 30.4 Å². The number of amides is 1. The lowest BCUT2D eigenvalue weighted by Crippen LogP contribution is -2.40. The highest BCUT2D eigenvalue weighted by Gasteiger charge is 2.29. The number of guanidine groups is 1. The van der Waals surface area contributed by atoms with E-state index in [-0.39, 0.29) is 5.91 Å². The molecule has 1 aromatic carbocycles. The molecule has 1 atom stereocenters. The zero-order valence-electron chi connectivity index (χ0n) is 19.7. The molecule has 2 saturated heterocycles. The van der Waals surface area contributed by atoms with Crippen LogP contribution in [-0.2, 0) is 17.8 Å². The fraction of sp³-hybridized carbons (Fsp3) is 0.500. The minimum Gasteiger partial charge on any atom is -0.357 e. The predicted molar refractivity (Wildman–Crippen MR) is 133 cm³/mol. The smallest absolute Gasteiger partial charge is 0.223 e. The van der Waals surface area contributed by atoms with Crippen LogP contribution in [0.5, 0.6) is 0 Å². The Hall–Kier alpha value is -3.09. The van der Waals surface area contributed by atoms with Crippen LogP contribution in [0.1, 0.15) is 36.8 Å². The average molecular weight is 449 g/mol. The number of likely N-dealkylation sites (tertiary alicyclic amines) is 1. The molecule has 1 amide bonds. The van der Waals surface area contributed by atoms with Crippen LogP contribution < -0.4 is 15.5 Å². The number of carbonyl (C=O) groups excluding carboxylic acids is 1. The lowest BCUT2D eigenvalue weighted by atomic mass is 10.1. The van der Waals surface area contributed by atoms with E-state index in [1.807, 2.05) is 35.4 Å². The van der Waals surface area contributed by atoms with Gasteiger partial charge in [-0.1, -0.05) is 30.3 Å². The molecule has 2 aromatic rings. The van der Waals surface area contributed by atoms with Gasteiger partial charge in [0.1, 0.15) is 5.82 Å². The molecule has 0 saturated carbocycles. The molecule has 1 aromatic heterocycles. The maximum absolute atomic E-state index is 12.4. The largest absolute Gasteiger partial charge is 0.357 e. The van der Waals surface area contributed by atoms with Crippen molar-refractivity contribution >= 4 is 17.7 Å². The number of hydrogen-bond donors (Lipinski definition) is 2. The van der Waals surface area contributed by atoms with Crippen LogP contribution in [0.4, 0.5) is 5.82 Å². The molecule has 2 fully saturated rings. The highest BCUT2D eigenvalue weighted by atomic mass is 16.2. The zero-order valence-corrected chi connectivity index (χ0v) is 19.7. The number of aliphatic imine (C=N–C) groups is 1. The lowest BCUT2D eigenvalue weighted by Gasteiger charge is -2.28. The van der Waals surface area contributed by atoms with Crippen molar-refractivity contribution in [3.63, 3.8) is 0 Å². The molecule has 1 unspecified atom stereocenters. The maximum Gasteiger partial charge on any atom is 0.223 e. The third-order valence-corrected chi connectivity index (χ3v) is 6.54. The van der Waals surface area contributed by atoms with Crippen molar-refractivity contribution in [1.29, 1.82) is 0 Å². The standard InChI is InChI=1S/C26H36N6O/c1-27-26(29-18-22-10-12-28-24(16-22)31-13-6-3-7-14-31)30-19-23-17-25(33)32(20-23)15-11-21-8-4-2-5-9-21/h2,4-5,8-10,12,16,23H,3,6-7,11,13-15,17-20H2,1H3,(H2,27,29,30). The first-order chi connectivity index (χ1) is 16.2. The lowest BCUT2D eigenvalue weighted by molar-refractivity contribution is -0.127. The van der Waals surface area contributed by atoms with Gasteiger partial charge in [0.2, 0.25) is 5.91 Å². The fourth-order valence-electron chi connectivity index (χ4n) is 4.63. The second-order valence-electron chi connectivity index (χ2n) is 9.02. The van der Waals surface area contributed by atoms with E-state index in [4.69, 9.17) is 0 Å². The second kappa shape index (κ2) is 11.7. The minimum absolute atomic E-state index is 0.253. The Bertz CT molecular complexity index is 925. The number of aromatic nitrogens is 1. The summed E-state index contributed by atoms with van der Waals surface area (Å²) >= 11 is 0. The van der Waals surface area contributed by atoms with Crippen molar-refractivity contribution < 1.29 is 4.79 Å². The Labute approximate surface area is 197 Å². The van der Waals surface area contributed by atoms with Crippen LogP contribution in [0.3, 0.4) is 0 Å². The summed E-state index contributed by atoms with van der Waals surface area (Å²) < 4.78 is 0. The van der Waals surface area contributed by atoms with Gasteiger partial charge in [0.15, 0.2) is 5.96 Å². The Morgan fingerprint density at radius 1 is 1.09 bits per heavy atom. The Balaban J connectivity index is 1.21. The summed E-state index contributed by atoms with van der Waals surface area (Å²) in [6, 6.07) is 14.6. The predicted octanol–water partition coefficient (Wildman–Crippen LogP) is 2.83. The number of benzene rings is 1. The molecule has 2 aliphatic rings. The number of piperidine rings is 1. The van der Waals surface area contributed by atoms with Gasteiger partial charge in [0.25, 0.3) is 0 Å². The van der Waals surface area contributed by atoms with Gasteiger partial charge in [-0.15, -0.1) is 0 Å². The summed E-state index contributed by atoms with van der Waals surface area (Å²) in [5.41, 5.74) is 2.47. The first kappa shape index (κ1) is 23.1. The molecule has 0 aliphatic carbocycles. The number of nitrogens with zero attached hydrogens (tertiary/aromatic N) is 4. The molecule has 0 radical (unpaired) electrons. The summed E-state index contributed by atoms with van der Waals surface area (Å²) in [5, 5.41) is 6.81. The molecule has 4 rings (SSSR count). The number of anilines is 1. The SMILES string of the molecule is CN=C(NCc1ccnc(N2CCCCC2)c1)NCC1CC(=O)N(CCc2ccccc2)C1. The summed E-state index contributed by atoms with van der Waals surface area (Å²) in [5.74, 6) is 2.39. The van der Waals surface area contributed by atoms with Crippen LogP contribution in [-0.4, -0.2) is 61.5 Å². The van der Waals surface area contributed by atoms with E-state index in [0.29, 0.717) is 18.9 Å². The van der Waals surface area contributed by atoms with Crippen molar-refractivity contribution in [3.8, 4) is 0 Å². The summed E-state index contributed by atoms with van der Waals surface area (Å²) in [6.07, 6.45) is 7.20. The van der Waals surface area contributed by atoms with Gasteiger partial charge in [-0.25, -0.2) is 4.98 Å². The maximum atomic E-state index is 12.4. The fourth-order valence-corrected chi connectivity index (χ4v) is 4.63. The van der Waals surface area contributed by atoms with Crippen molar-refractivity contribution in [3.05, 3.63) is 59.8 Å². The van der Waals surface area contributed by atoms with E-state index in [0.717, 1.165) is 50.9 Å². The normalized spacial score (nSPS) is 19.1. The molecule has 3 heterocycles. The highest BCUT2D eigenvalue weighted by Crippen LogP contribution is 2.19.